The van der Waals surface area contributed by atoms with Gasteiger partial charge in [-0.3, -0.25) is 4.79 Å². The second-order valence-corrected chi connectivity index (χ2v) is 6.44. The summed E-state index contributed by atoms with van der Waals surface area (Å²) in [5, 5.41) is 11.5. The molecule has 8 nitrogen and oxygen atoms in total. The Morgan fingerprint density at radius 3 is 2.56 bits per heavy atom. The Kier molecular flexibility index (Phi) is 4.87. The van der Waals surface area contributed by atoms with Gasteiger partial charge in [-0.15, -0.1) is 0 Å². The third-order valence-corrected chi connectivity index (χ3v) is 4.47. The number of carbonyl (C=O) groups excluding carboxylic acids is 1. The van der Waals surface area contributed by atoms with Crippen molar-refractivity contribution in [1.82, 2.24) is 25.1 Å². The highest BCUT2D eigenvalue weighted by Gasteiger charge is 2.27. The molecule has 2 aromatic rings. The fourth-order valence-corrected chi connectivity index (χ4v) is 2.95. The van der Waals surface area contributed by atoms with E-state index in [4.69, 9.17) is 4.74 Å². The number of carbonyl (C=O) groups is 1. The van der Waals surface area contributed by atoms with Crippen molar-refractivity contribution in [2.45, 2.75) is 26.9 Å². The summed E-state index contributed by atoms with van der Waals surface area (Å²) in [6.45, 7) is 8.48. The molecule has 134 valence electrons. The first-order chi connectivity index (χ1) is 12.0. The van der Waals surface area contributed by atoms with Gasteiger partial charge in [-0.05, 0) is 48.4 Å². The molecule has 1 aliphatic rings. The largest absolute Gasteiger partial charge is 0.481 e. The molecule has 0 bridgehead atoms. The molecule has 1 aromatic heterocycles. The minimum atomic E-state index is -0.511. The number of nitrogens with zero attached hydrogens (tertiary/aromatic N) is 6. The fourth-order valence-electron chi connectivity index (χ4n) is 2.95. The molecule has 1 atom stereocenters. The molecule has 25 heavy (non-hydrogen) atoms. The first-order valence-corrected chi connectivity index (χ1v) is 8.45. The zero-order chi connectivity index (χ0) is 18.0. The molecule has 2 heterocycles. The number of aryl methyl sites for hydroxylation is 3. The molecule has 0 radical (unpaired) electrons. The van der Waals surface area contributed by atoms with Gasteiger partial charge in [-0.1, -0.05) is 17.2 Å². The van der Waals surface area contributed by atoms with Gasteiger partial charge in [-0.25, -0.2) is 4.68 Å². The van der Waals surface area contributed by atoms with Crippen molar-refractivity contribution < 1.29 is 9.53 Å². The normalized spacial score (nSPS) is 16.0. The van der Waals surface area contributed by atoms with Gasteiger partial charge in [0, 0.05) is 33.2 Å². The average molecular weight is 344 g/mol. The lowest BCUT2D eigenvalue weighted by Crippen LogP contribution is -2.52. The van der Waals surface area contributed by atoms with Crippen LogP contribution in [0.15, 0.2) is 18.2 Å². The van der Waals surface area contributed by atoms with Crippen LogP contribution < -0.4 is 9.64 Å². The van der Waals surface area contributed by atoms with E-state index in [1.165, 1.54) is 0 Å². The monoisotopic (exact) mass is 344 g/mol. The summed E-state index contributed by atoms with van der Waals surface area (Å²) in [4.78, 5) is 16.6. The van der Waals surface area contributed by atoms with Crippen molar-refractivity contribution in [2.24, 2.45) is 7.05 Å². The van der Waals surface area contributed by atoms with Gasteiger partial charge in [0.05, 0.1) is 0 Å². The number of amides is 1. The summed E-state index contributed by atoms with van der Waals surface area (Å²) in [5.41, 5.74) is 2.15. The highest BCUT2D eigenvalue weighted by molar-refractivity contribution is 5.81. The summed E-state index contributed by atoms with van der Waals surface area (Å²) in [7, 11) is 1.81. The summed E-state index contributed by atoms with van der Waals surface area (Å²) >= 11 is 0. The highest BCUT2D eigenvalue weighted by Crippen LogP contribution is 2.21. The van der Waals surface area contributed by atoms with Crippen molar-refractivity contribution in [2.75, 3.05) is 31.1 Å². The van der Waals surface area contributed by atoms with Gasteiger partial charge in [0.2, 0.25) is 5.95 Å². The number of benzene rings is 1. The Balaban J connectivity index is 1.58. The second kappa shape index (κ2) is 7.08. The zero-order valence-corrected chi connectivity index (χ0v) is 15.1. The van der Waals surface area contributed by atoms with Crippen LogP contribution in [0.25, 0.3) is 0 Å². The van der Waals surface area contributed by atoms with Gasteiger partial charge >= 0.3 is 0 Å². The molecular formula is C17H24N6O2. The van der Waals surface area contributed by atoms with Crippen molar-refractivity contribution in [3.8, 4) is 5.75 Å². The molecule has 0 aliphatic carbocycles. The maximum Gasteiger partial charge on any atom is 0.263 e. The number of hydrogen-bond acceptors (Lipinski definition) is 6. The lowest BCUT2D eigenvalue weighted by molar-refractivity contribution is -0.138. The van der Waals surface area contributed by atoms with Gasteiger partial charge < -0.3 is 14.5 Å². The first kappa shape index (κ1) is 17.2. The summed E-state index contributed by atoms with van der Waals surface area (Å²) in [6, 6.07) is 6.02. The van der Waals surface area contributed by atoms with Crippen LogP contribution in [0.1, 0.15) is 18.1 Å². The quantitative estimate of drug-likeness (QED) is 0.822. The molecule has 0 N–H and O–H groups in total. The third kappa shape index (κ3) is 3.72. The Morgan fingerprint density at radius 1 is 1.20 bits per heavy atom. The van der Waals surface area contributed by atoms with Crippen molar-refractivity contribution in [3.63, 3.8) is 0 Å². The van der Waals surface area contributed by atoms with E-state index >= 15 is 0 Å². The highest BCUT2D eigenvalue weighted by atomic mass is 16.5. The first-order valence-electron chi connectivity index (χ1n) is 8.45. The van der Waals surface area contributed by atoms with Gasteiger partial charge in [-0.2, -0.15) is 0 Å². The molecule has 1 unspecified atom stereocenters. The van der Waals surface area contributed by atoms with Crippen molar-refractivity contribution >= 4 is 11.9 Å². The molecule has 1 aromatic carbocycles. The molecule has 8 heteroatoms. The molecule has 1 fully saturated rings. The van der Waals surface area contributed by atoms with E-state index in [0.29, 0.717) is 26.2 Å². The molecule has 1 aliphatic heterocycles. The lowest BCUT2D eigenvalue weighted by atomic mass is 10.1. The molecular weight excluding hydrogens is 320 g/mol. The minimum absolute atomic E-state index is 0.0108. The number of piperazine rings is 1. The molecule has 0 spiro atoms. The SMILES string of the molecule is Cc1ccc(C)c(OC(C)C(=O)N2CCN(c3nnnn3C)CC2)c1. The number of anilines is 1. The van der Waals surface area contributed by atoms with E-state index < -0.39 is 6.10 Å². The average Bonchev–Trinajstić information content (AvgIpc) is 3.03. The Morgan fingerprint density at radius 2 is 1.92 bits per heavy atom. The van der Waals surface area contributed by atoms with Crippen LogP contribution in [0.5, 0.6) is 5.75 Å². The summed E-state index contributed by atoms with van der Waals surface area (Å²) in [5.74, 6) is 1.51. The third-order valence-electron chi connectivity index (χ3n) is 4.47. The maximum absolute atomic E-state index is 12.7. The fraction of sp³-hybridized carbons (Fsp3) is 0.529. The number of aromatic nitrogens is 4. The number of ether oxygens (including phenoxy) is 1. The van der Waals surface area contributed by atoms with Crippen molar-refractivity contribution in [3.05, 3.63) is 29.3 Å². The predicted octanol–water partition coefficient (Wildman–Crippen LogP) is 0.943. The van der Waals surface area contributed by atoms with E-state index in [9.17, 15) is 4.79 Å². The topological polar surface area (TPSA) is 76.4 Å². The number of tetrazole rings is 1. The van der Waals surface area contributed by atoms with Gasteiger partial charge in [0.25, 0.3) is 5.91 Å². The number of hydrogen-bond donors (Lipinski definition) is 0. The smallest absolute Gasteiger partial charge is 0.263 e. The lowest BCUT2D eigenvalue weighted by Gasteiger charge is -2.35. The van der Waals surface area contributed by atoms with Gasteiger partial charge in [0.1, 0.15) is 5.75 Å². The van der Waals surface area contributed by atoms with Crippen LogP contribution in [-0.4, -0.2) is 63.3 Å². The van der Waals surface area contributed by atoms with Crippen LogP contribution in [0.4, 0.5) is 5.95 Å². The number of rotatable bonds is 4. The molecule has 1 saturated heterocycles. The zero-order valence-electron chi connectivity index (χ0n) is 15.1. The van der Waals surface area contributed by atoms with E-state index in [-0.39, 0.29) is 5.91 Å². The maximum atomic E-state index is 12.7. The van der Waals surface area contributed by atoms with Crippen LogP contribution in [0, 0.1) is 13.8 Å². The Bertz CT molecular complexity index is 751. The van der Waals surface area contributed by atoms with E-state index in [0.717, 1.165) is 22.8 Å². The van der Waals surface area contributed by atoms with Gasteiger partial charge in [0.15, 0.2) is 6.10 Å². The van der Waals surface area contributed by atoms with Crippen LogP contribution in [-0.2, 0) is 11.8 Å². The molecule has 3 rings (SSSR count). The van der Waals surface area contributed by atoms with Crippen LogP contribution >= 0.6 is 0 Å². The Hall–Kier alpha value is -2.64. The molecule has 1 amide bonds. The van der Waals surface area contributed by atoms with Crippen LogP contribution in [0.2, 0.25) is 0 Å². The van der Waals surface area contributed by atoms with E-state index in [1.807, 2.05) is 50.9 Å². The predicted molar refractivity (Wildman–Crippen MR) is 93.6 cm³/mol. The van der Waals surface area contributed by atoms with Crippen LogP contribution in [0.3, 0.4) is 0 Å². The van der Waals surface area contributed by atoms with E-state index in [1.54, 1.807) is 4.68 Å². The second-order valence-electron chi connectivity index (χ2n) is 6.44. The summed E-state index contributed by atoms with van der Waals surface area (Å²) < 4.78 is 7.56. The standard InChI is InChI=1S/C17H24N6O2/c1-12-5-6-13(2)15(11-12)25-14(3)16(24)22-7-9-23(10-8-22)17-18-19-20-21(17)4/h5-6,11,14H,7-10H2,1-4H3. The molecule has 0 saturated carbocycles. The summed E-state index contributed by atoms with van der Waals surface area (Å²) in [6.07, 6.45) is -0.511. The minimum Gasteiger partial charge on any atom is -0.481 e. The Labute approximate surface area is 147 Å². The van der Waals surface area contributed by atoms with E-state index in [2.05, 4.69) is 20.4 Å². The van der Waals surface area contributed by atoms with Crippen molar-refractivity contribution in [1.29, 1.82) is 0 Å².